The van der Waals surface area contributed by atoms with E-state index in [1.54, 1.807) is 18.3 Å². The SMILES string of the molecule is C[C@@H](O)c1c(F)cncc1-c1ccc2cc(C#N)ccc2c1. The molecular weight excluding hydrogens is 279 g/mol. The van der Waals surface area contributed by atoms with Gasteiger partial charge in [-0.2, -0.15) is 5.26 Å². The van der Waals surface area contributed by atoms with Crippen LogP contribution in [0.4, 0.5) is 4.39 Å². The van der Waals surface area contributed by atoms with E-state index >= 15 is 0 Å². The van der Waals surface area contributed by atoms with Crippen LogP contribution in [-0.4, -0.2) is 10.1 Å². The summed E-state index contributed by atoms with van der Waals surface area (Å²) in [5.74, 6) is -0.521. The Morgan fingerprint density at radius 3 is 2.59 bits per heavy atom. The molecule has 3 nitrogen and oxygen atoms in total. The number of pyridine rings is 1. The molecule has 1 aromatic heterocycles. The van der Waals surface area contributed by atoms with Crippen molar-refractivity contribution in [1.29, 1.82) is 5.26 Å². The van der Waals surface area contributed by atoms with Gasteiger partial charge in [-0.05, 0) is 41.5 Å². The molecule has 0 spiro atoms. The van der Waals surface area contributed by atoms with Crippen molar-refractivity contribution in [2.45, 2.75) is 13.0 Å². The third-order valence-electron chi connectivity index (χ3n) is 3.64. The zero-order valence-corrected chi connectivity index (χ0v) is 11.9. The summed E-state index contributed by atoms with van der Waals surface area (Å²) in [6.07, 6.45) is 1.73. The largest absolute Gasteiger partial charge is 0.389 e. The topological polar surface area (TPSA) is 56.9 Å². The molecule has 1 atom stereocenters. The van der Waals surface area contributed by atoms with E-state index in [1.165, 1.54) is 6.92 Å². The fourth-order valence-electron chi connectivity index (χ4n) is 2.58. The summed E-state index contributed by atoms with van der Waals surface area (Å²) in [6.45, 7) is 1.53. The highest BCUT2D eigenvalue weighted by Crippen LogP contribution is 2.31. The van der Waals surface area contributed by atoms with Gasteiger partial charge in [-0.25, -0.2) is 4.39 Å². The van der Waals surface area contributed by atoms with E-state index in [0.29, 0.717) is 11.1 Å². The standard InChI is InChI=1S/C18H13FN2O/c1-11(22)18-16(9-21-10-17(18)19)15-5-4-13-6-12(8-20)2-3-14(13)7-15/h2-7,9-11,22H,1H3/t11-/m1/s1. The van der Waals surface area contributed by atoms with Crippen LogP contribution in [0.25, 0.3) is 21.9 Å². The summed E-state index contributed by atoms with van der Waals surface area (Å²) in [5.41, 5.74) is 2.18. The van der Waals surface area contributed by atoms with Crippen LogP contribution < -0.4 is 0 Å². The first-order valence-electron chi connectivity index (χ1n) is 6.86. The van der Waals surface area contributed by atoms with Crippen molar-refractivity contribution < 1.29 is 9.50 Å². The van der Waals surface area contributed by atoms with Crippen molar-refractivity contribution in [2.75, 3.05) is 0 Å². The third-order valence-corrected chi connectivity index (χ3v) is 3.64. The number of hydrogen-bond acceptors (Lipinski definition) is 3. The van der Waals surface area contributed by atoms with Gasteiger partial charge in [-0.3, -0.25) is 4.98 Å². The lowest BCUT2D eigenvalue weighted by atomic mass is 9.96. The summed E-state index contributed by atoms with van der Waals surface area (Å²) in [6, 6.07) is 13.1. The van der Waals surface area contributed by atoms with E-state index in [0.717, 1.165) is 22.5 Å². The van der Waals surface area contributed by atoms with E-state index in [9.17, 15) is 9.50 Å². The molecule has 22 heavy (non-hydrogen) atoms. The Balaban J connectivity index is 2.20. The van der Waals surface area contributed by atoms with E-state index < -0.39 is 11.9 Å². The molecule has 0 bridgehead atoms. The lowest BCUT2D eigenvalue weighted by Gasteiger charge is -2.13. The first kappa shape index (κ1) is 14.2. The maximum absolute atomic E-state index is 13.9. The van der Waals surface area contributed by atoms with E-state index in [-0.39, 0.29) is 5.56 Å². The van der Waals surface area contributed by atoms with Crippen LogP contribution in [0.2, 0.25) is 0 Å². The molecule has 1 N–H and O–H groups in total. The minimum absolute atomic E-state index is 0.239. The Bertz CT molecular complexity index is 897. The summed E-state index contributed by atoms with van der Waals surface area (Å²) >= 11 is 0. The average Bonchev–Trinajstić information content (AvgIpc) is 2.53. The van der Waals surface area contributed by atoms with Crippen LogP contribution in [0.15, 0.2) is 48.8 Å². The molecule has 108 valence electrons. The minimum atomic E-state index is -0.922. The Hall–Kier alpha value is -2.77. The molecule has 0 unspecified atom stereocenters. The fraction of sp³-hybridized carbons (Fsp3) is 0.111. The van der Waals surface area contributed by atoms with Crippen molar-refractivity contribution in [2.24, 2.45) is 0 Å². The molecule has 3 rings (SSSR count). The predicted molar refractivity (Wildman–Crippen MR) is 82.5 cm³/mol. The number of halogens is 1. The Kier molecular flexibility index (Phi) is 3.58. The van der Waals surface area contributed by atoms with Gasteiger partial charge >= 0.3 is 0 Å². The number of aromatic nitrogens is 1. The number of hydrogen-bond donors (Lipinski definition) is 1. The molecule has 0 aliphatic carbocycles. The van der Waals surface area contributed by atoms with Crippen LogP contribution in [0, 0.1) is 17.1 Å². The van der Waals surface area contributed by atoms with Gasteiger partial charge in [0.2, 0.25) is 0 Å². The molecule has 0 saturated carbocycles. The number of nitrogens with zero attached hydrogens (tertiary/aromatic N) is 2. The van der Waals surface area contributed by atoms with Gasteiger partial charge in [0.15, 0.2) is 0 Å². The highest BCUT2D eigenvalue weighted by atomic mass is 19.1. The lowest BCUT2D eigenvalue weighted by molar-refractivity contribution is 0.194. The third kappa shape index (κ3) is 2.43. The number of aliphatic hydroxyl groups excluding tert-OH is 1. The smallest absolute Gasteiger partial charge is 0.147 e. The minimum Gasteiger partial charge on any atom is -0.389 e. The quantitative estimate of drug-likeness (QED) is 0.777. The van der Waals surface area contributed by atoms with Crippen LogP contribution in [-0.2, 0) is 0 Å². The van der Waals surface area contributed by atoms with Crippen molar-refractivity contribution in [3.8, 4) is 17.2 Å². The first-order chi connectivity index (χ1) is 10.6. The number of aliphatic hydroxyl groups is 1. The maximum Gasteiger partial charge on any atom is 0.147 e. The summed E-state index contributed by atoms with van der Waals surface area (Å²) in [7, 11) is 0. The van der Waals surface area contributed by atoms with Gasteiger partial charge in [0.1, 0.15) is 5.82 Å². The second-order valence-corrected chi connectivity index (χ2v) is 5.15. The van der Waals surface area contributed by atoms with Crippen LogP contribution in [0.1, 0.15) is 24.2 Å². The summed E-state index contributed by atoms with van der Waals surface area (Å²) in [5, 5.41) is 20.6. The average molecular weight is 292 g/mol. The predicted octanol–water partition coefficient (Wildman–Crippen LogP) is 3.97. The normalized spacial score (nSPS) is 12.1. The van der Waals surface area contributed by atoms with Gasteiger partial charge in [0, 0.05) is 17.3 Å². The number of nitriles is 1. The monoisotopic (exact) mass is 292 g/mol. The second kappa shape index (κ2) is 5.55. The van der Waals surface area contributed by atoms with Crippen molar-refractivity contribution >= 4 is 10.8 Å². The number of fused-ring (bicyclic) bond motifs is 1. The van der Waals surface area contributed by atoms with Crippen LogP contribution in [0.3, 0.4) is 0 Å². The highest BCUT2D eigenvalue weighted by Gasteiger charge is 2.15. The number of rotatable bonds is 2. The zero-order chi connectivity index (χ0) is 15.7. The molecule has 1 heterocycles. The molecule has 2 aromatic carbocycles. The summed E-state index contributed by atoms with van der Waals surface area (Å²) < 4.78 is 13.9. The molecule has 0 amide bonds. The van der Waals surface area contributed by atoms with Crippen LogP contribution >= 0.6 is 0 Å². The van der Waals surface area contributed by atoms with E-state index in [4.69, 9.17) is 5.26 Å². The molecule has 0 aliphatic rings. The fourth-order valence-corrected chi connectivity index (χ4v) is 2.58. The Labute approximate surface area is 127 Å². The molecule has 3 aromatic rings. The van der Waals surface area contributed by atoms with Gasteiger partial charge in [0.05, 0.1) is 23.9 Å². The molecule has 0 fully saturated rings. The van der Waals surface area contributed by atoms with Gasteiger partial charge < -0.3 is 5.11 Å². The van der Waals surface area contributed by atoms with E-state index in [1.807, 2.05) is 24.3 Å². The second-order valence-electron chi connectivity index (χ2n) is 5.15. The molecule has 4 heteroatoms. The van der Waals surface area contributed by atoms with Gasteiger partial charge in [-0.1, -0.05) is 18.2 Å². The first-order valence-corrected chi connectivity index (χ1v) is 6.86. The van der Waals surface area contributed by atoms with Crippen molar-refractivity contribution in [1.82, 2.24) is 4.98 Å². The van der Waals surface area contributed by atoms with Gasteiger partial charge in [0.25, 0.3) is 0 Å². The lowest BCUT2D eigenvalue weighted by Crippen LogP contribution is -2.00. The molecule has 0 radical (unpaired) electrons. The maximum atomic E-state index is 13.9. The zero-order valence-electron chi connectivity index (χ0n) is 11.9. The molecular formula is C18H13FN2O. The highest BCUT2D eigenvalue weighted by molar-refractivity contribution is 5.88. The Morgan fingerprint density at radius 1 is 1.14 bits per heavy atom. The Morgan fingerprint density at radius 2 is 1.86 bits per heavy atom. The van der Waals surface area contributed by atoms with Crippen LogP contribution in [0.5, 0.6) is 0 Å². The summed E-state index contributed by atoms with van der Waals surface area (Å²) in [4.78, 5) is 3.88. The molecule has 0 aliphatic heterocycles. The molecule has 0 saturated heterocycles. The van der Waals surface area contributed by atoms with E-state index in [2.05, 4.69) is 11.1 Å². The van der Waals surface area contributed by atoms with Crippen molar-refractivity contribution in [3.05, 3.63) is 65.7 Å². The number of benzene rings is 2. The van der Waals surface area contributed by atoms with Crippen molar-refractivity contribution in [3.63, 3.8) is 0 Å². The van der Waals surface area contributed by atoms with Gasteiger partial charge in [-0.15, -0.1) is 0 Å².